The van der Waals surface area contributed by atoms with Gasteiger partial charge in [0.25, 0.3) is 0 Å². The normalized spacial score (nSPS) is 12.4. The molecular weight excluding hydrogens is 158 g/mol. The maximum atomic E-state index is 10.1. The Morgan fingerprint density at radius 3 is 2.50 bits per heavy atom. The Hall–Kier alpha value is -1.42. The van der Waals surface area contributed by atoms with Crippen molar-refractivity contribution in [3.05, 3.63) is 46.0 Å². The summed E-state index contributed by atoms with van der Waals surface area (Å²) >= 11 is 0. The molecule has 0 aliphatic carbocycles. The van der Waals surface area contributed by atoms with Crippen LogP contribution in [-0.2, 0) is 6.42 Å². The molecule has 0 heterocycles. The molecule has 0 saturated heterocycles. The zero-order chi connectivity index (χ0) is 8.97. The average Bonchev–Trinajstić information content (AvgIpc) is 2.06. The number of aliphatic hydroxyl groups excluding tert-OH is 1. The summed E-state index contributed by atoms with van der Waals surface area (Å²) in [6.45, 7) is 0. The second-order valence-electron chi connectivity index (χ2n) is 2.46. The standard InChI is InChI=1S/C8H9NO3/c10-8(9(11)12)6-7-4-2-1-3-5-7/h1-5,8,10H,6H2. The molecular formula is C8H9NO3. The summed E-state index contributed by atoms with van der Waals surface area (Å²) in [5, 5.41) is 18.9. The van der Waals surface area contributed by atoms with Gasteiger partial charge in [-0.25, -0.2) is 0 Å². The van der Waals surface area contributed by atoms with Gasteiger partial charge in [0.2, 0.25) is 0 Å². The molecule has 0 aromatic heterocycles. The lowest BCUT2D eigenvalue weighted by atomic mass is 10.1. The Balaban J connectivity index is 2.58. The van der Waals surface area contributed by atoms with E-state index in [4.69, 9.17) is 5.11 Å². The van der Waals surface area contributed by atoms with Crippen LogP contribution in [-0.4, -0.2) is 16.3 Å². The Morgan fingerprint density at radius 1 is 1.42 bits per heavy atom. The lowest BCUT2D eigenvalue weighted by molar-refractivity contribution is -0.569. The van der Waals surface area contributed by atoms with E-state index in [2.05, 4.69) is 0 Å². The van der Waals surface area contributed by atoms with Gasteiger partial charge in [-0.3, -0.25) is 10.1 Å². The fraction of sp³-hybridized carbons (Fsp3) is 0.250. The Bertz CT molecular complexity index is 260. The first-order valence-electron chi connectivity index (χ1n) is 3.55. The Kier molecular flexibility index (Phi) is 2.76. The van der Waals surface area contributed by atoms with Crippen molar-refractivity contribution in [3.8, 4) is 0 Å². The lowest BCUT2D eigenvalue weighted by Crippen LogP contribution is -2.20. The molecule has 0 fully saturated rings. The summed E-state index contributed by atoms with van der Waals surface area (Å²) in [4.78, 5) is 9.36. The van der Waals surface area contributed by atoms with Gasteiger partial charge in [-0.05, 0) is 5.56 Å². The van der Waals surface area contributed by atoms with Gasteiger partial charge < -0.3 is 5.11 Å². The molecule has 0 aliphatic rings. The van der Waals surface area contributed by atoms with Gasteiger partial charge in [-0.15, -0.1) is 0 Å². The molecule has 1 rings (SSSR count). The molecule has 1 N–H and O–H groups in total. The van der Waals surface area contributed by atoms with E-state index in [-0.39, 0.29) is 6.42 Å². The largest absolute Gasteiger partial charge is 0.333 e. The van der Waals surface area contributed by atoms with Crippen molar-refractivity contribution in [3.63, 3.8) is 0 Å². The fourth-order valence-electron chi connectivity index (χ4n) is 0.899. The van der Waals surface area contributed by atoms with E-state index >= 15 is 0 Å². The van der Waals surface area contributed by atoms with Crippen molar-refractivity contribution in [2.24, 2.45) is 0 Å². The van der Waals surface area contributed by atoms with Crippen LogP contribution >= 0.6 is 0 Å². The first kappa shape index (κ1) is 8.67. The van der Waals surface area contributed by atoms with Gasteiger partial charge in [0, 0.05) is 0 Å². The molecule has 0 aliphatic heterocycles. The topological polar surface area (TPSA) is 63.4 Å². The van der Waals surface area contributed by atoms with Crippen molar-refractivity contribution >= 4 is 0 Å². The average molecular weight is 167 g/mol. The van der Waals surface area contributed by atoms with Crippen LogP contribution < -0.4 is 0 Å². The Labute approximate surface area is 69.6 Å². The summed E-state index contributed by atoms with van der Waals surface area (Å²) < 4.78 is 0. The molecule has 12 heavy (non-hydrogen) atoms. The van der Waals surface area contributed by atoms with E-state index in [1.807, 2.05) is 6.07 Å². The molecule has 1 atom stereocenters. The molecule has 0 bridgehead atoms. The zero-order valence-corrected chi connectivity index (χ0v) is 6.38. The van der Waals surface area contributed by atoms with Crippen LogP contribution in [0, 0.1) is 10.1 Å². The van der Waals surface area contributed by atoms with Crippen molar-refractivity contribution in [2.75, 3.05) is 0 Å². The van der Waals surface area contributed by atoms with Crippen LogP contribution in [0.3, 0.4) is 0 Å². The van der Waals surface area contributed by atoms with Crippen LogP contribution in [0.5, 0.6) is 0 Å². The van der Waals surface area contributed by atoms with Crippen LogP contribution in [0.15, 0.2) is 30.3 Å². The van der Waals surface area contributed by atoms with E-state index in [0.29, 0.717) is 0 Å². The molecule has 0 saturated carbocycles. The van der Waals surface area contributed by atoms with Gasteiger partial charge in [-0.1, -0.05) is 30.3 Å². The molecule has 1 aromatic rings. The van der Waals surface area contributed by atoms with Crippen LogP contribution in [0.4, 0.5) is 0 Å². The minimum atomic E-state index is -1.49. The van der Waals surface area contributed by atoms with E-state index in [1.165, 1.54) is 0 Å². The number of nitro groups is 1. The zero-order valence-electron chi connectivity index (χ0n) is 6.38. The third kappa shape index (κ3) is 2.32. The highest BCUT2D eigenvalue weighted by molar-refractivity contribution is 5.14. The van der Waals surface area contributed by atoms with Crippen molar-refractivity contribution in [1.82, 2.24) is 0 Å². The van der Waals surface area contributed by atoms with E-state index < -0.39 is 11.2 Å². The van der Waals surface area contributed by atoms with Crippen LogP contribution in [0.1, 0.15) is 5.56 Å². The molecule has 0 radical (unpaired) electrons. The van der Waals surface area contributed by atoms with Gasteiger partial charge in [-0.2, -0.15) is 0 Å². The first-order chi connectivity index (χ1) is 5.70. The second-order valence-corrected chi connectivity index (χ2v) is 2.46. The third-order valence-corrected chi connectivity index (χ3v) is 1.50. The lowest BCUT2D eigenvalue weighted by Gasteiger charge is -2.01. The maximum Gasteiger partial charge on any atom is 0.317 e. The minimum Gasteiger partial charge on any atom is -0.333 e. The summed E-state index contributed by atoms with van der Waals surface area (Å²) in [5.41, 5.74) is 0.765. The molecule has 4 nitrogen and oxygen atoms in total. The number of hydrogen-bond acceptors (Lipinski definition) is 3. The van der Waals surface area contributed by atoms with Crippen molar-refractivity contribution in [2.45, 2.75) is 12.6 Å². The second kappa shape index (κ2) is 3.82. The number of rotatable bonds is 3. The van der Waals surface area contributed by atoms with Crippen molar-refractivity contribution in [1.29, 1.82) is 0 Å². The highest BCUT2D eigenvalue weighted by Crippen LogP contribution is 2.02. The minimum absolute atomic E-state index is 0.0633. The number of nitrogens with zero attached hydrogens (tertiary/aromatic N) is 1. The third-order valence-electron chi connectivity index (χ3n) is 1.50. The molecule has 0 spiro atoms. The molecule has 64 valence electrons. The fourth-order valence-corrected chi connectivity index (χ4v) is 0.899. The summed E-state index contributed by atoms with van der Waals surface area (Å²) in [5.74, 6) is 0. The van der Waals surface area contributed by atoms with Crippen LogP contribution in [0.25, 0.3) is 0 Å². The smallest absolute Gasteiger partial charge is 0.317 e. The number of aliphatic hydroxyl groups is 1. The van der Waals surface area contributed by atoms with Gasteiger partial charge in [0.05, 0.1) is 11.3 Å². The number of benzene rings is 1. The molecule has 1 aromatic carbocycles. The molecule has 4 heteroatoms. The highest BCUT2D eigenvalue weighted by atomic mass is 16.7. The Morgan fingerprint density at radius 2 is 2.00 bits per heavy atom. The van der Waals surface area contributed by atoms with Crippen LogP contribution in [0.2, 0.25) is 0 Å². The quantitative estimate of drug-likeness (QED) is 0.412. The van der Waals surface area contributed by atoms with E-state index in [1.54, 1.807) is 24.3 Å². The molecule has 0 amide bonds. The highest BCUT2D eigenvalue weighted by Gasteiger charge is 2.14. The predicted molar refractivity (Wildman–Crippen MR) is 43.1 cm³/mol. The van der Waals surface area contributed by atoms with Gasteiger partial charge in [0.15, 0.2) is 0 Å². The number of hydrogen-bond donors (Lipinski definition) is 1. The van der Waals surface area contributed by atoms with Gasteiger partial charge in [0.1, 0.15) is 0 Å². The SMILES string of the molecule is O=[N+]([O-])C(O)Cc1ccccc1. The predicted octanol–water partition coefficient (Wildman–Crippen LogP) is 0.824. The van der Waals surface area contributed by atoms with E-state index in [0.717, 1.165) is 5.56 Å². The monoisotopic (exact) mass is 167 g/mol. The summed E-state index contributed by atoms with van der Waals surface area (Å²) in [6, 6.07) is 8.87. The first-order valence-corrected chi connectivity index (χ1v) is 3.55. The summed E-state index contributed by atoms with van der Waals surface area (Å²) in [7, 11) is 0. The molecule has 1 unspecified atom stereocenters. The van der Waals surface area contributed by atoms with E-state index in [9.17, 15) is 10.1 Å². The summed E-state index contributed by atoms with van der Waals surface area (Å²) in [6.07, 6.45) is -1.43. The van der Waals surface area contributed by atoms with Gasteiger partial charge >= 0.3 is 6.23 Å². The maximum absolute atomic E-state index is 10.1. The van der Waals surface area contributed by atoms with Crippen molar-refractivity contribution < 1.29 is 10.0 Å².